The van der Waals surface area contributed by atoms with Gasteiger partial charge in [-0.15, -0.1) is 0 Å². The van der Waals surface area contributed by atoms with Gasteiger partial charge in [-0.05, 0) is 18.6 Å². The molecule has 1 aromatic carbocycles. The van der Waals surface area contributed by atoms with E-state index < -0.39 is 4.92 Å². The number of nitrogens with zero attached hydrogens (tertiary/aromatic N) is 1. The molecule has 0 saturated carbocycles. The number of methoxy groups -OCH3 is 1. The average molecular weight is 225 g/mol. The number of aryl methyl sites for hydroxylation is 1. The van der Waals surface area contributed by atoms with Gasteiger partial charge in [0.1, 0.15) is 5.69 Å². The van der Waals surface area contributed by atoms with Crippen molar-refractivity contribution in [3.8, 4) is 0 Å². The van der Waals surface area contributed by atoms with Crippen LogP contribution in [0.3, 0.4) is 0 Å². The SMILES string of the molecule is COCCNc1c(N)cc(C)cc1[N+](=O)[O-]. The van der Waals surface area contributed by atoms with Crippen LogP contribution in [0.5, 0.6) is 0 Å². The molecule has 0 amide bonds. The molecular formula is C10H15N3O3. The summed E-state index contributed by atoms with van der Waals surface area (Å²) in [5.74, 6) is 0. The highest BCUT2D eigenvalue weighted by molar-refractivity contribution is 5.77. The summed E-state index contributed by atoms with van der Waals surface area (Å²) in [6, 6.07) is 3.19. The smallest absolute Gasteiger partial charge is 0.294 e. The minimum atomic E-state index is -0.446. The summed E-state index contributed by atoms with van der Waals surface area (Å²) in [5, 5.41) is 13.7. The van der Waals surface area contributed by atoms with Crippen molar-refractivity contribution in [1.29, 1.82) is 0 Å². The average Bonchev–Trinajstić information content (AvgIpc) is 2.20. The van der Waals surface area contributed by atoms with Crippen molar-refractivity contribution in [2.45, 2.75) is 6.92 Å². The van der Waals surface area contributed by atoms with Crippen molar-refractivity contribution in [2.24, 2.45) is 0 Å². The molecule has 0 saturated heterocycles. The number of rotatable bonds is 5. The number of ether oxygens (including phenoxy) is 1. The molecule has 0 aliphatic rings. The van der Waals surface area contributed by atoms with Crippen molar-refractivity contribution in [1.82, 2.24) is 0 Å². The first-order valence-corrected chi connectivity index (χ1v) is 4.83. The van der Waals surface area contributed by atoms with Crippen LogP contribution in [0.1, 0.15) is 5.56 Å². The minimum absolute atomic E-state index is 0.00592. The molecule has 0 aromatic heterocycles. The fourth-order valence-corrected chi connectivity index (χ4v) is 1.41. The van der Waals surface area contributed by atoms with E-state index in [0.717, 1.165) is 5.56 Å². The molecule has 0 aliphatic carbocycles. The van der Waals surface area contributed by atoms with Crippen LogP contribution >= 0.6 is 0 Å². The highest BCUT2D eigenvalue weighted by Crippen LogP contribution is 2.31. The van der Waals surface area contributed by atoms with E-state index in [9.17, 15) is 10.1 Å². The second-order valence-corrected chi connectivity index (χ2v) is 3.42. The van der Waals surface area contributed by atoms with Crippen LogP contribution in [0, 0.1) is 17.0 Å². The molecule has 0 spiro atoms. The Balaban J connectivity index is 2.99. The Bertz CT molecular complexity index is 393. The fraction of sp³-hybridized carbons (Fsp3) is 0.400. The lowest BCUT2D eigenvalue weighted by Crippen LogP contribution is -2.11. The number of nitrogen functional groups attached to an aromatic ring is 1. The van der Waals surface area contributed by atoms with E-state index in [1.807, 2.05) is 0 Å². The molecule has 88 valence electrons. The van der Waals surface area contributed by atoms with E-state index in [1.54, 1.807) is 20.1 Å². The number of benzene rings is 1. The van der Waals surface area contributed by atoms with Gasteiger partial charge in [0.05, 0.1) is 17.2 Å². The molecule has 3 N–H and O–H groups in total. The molecule has 0 aliphatic heterocycles. The predicted molar refractivity (Wildman–Crippen MR) is 62.6 cm³/mol. The number of hydrogen-bond acceptors (Lipinski definition) is 5. The van der Waals surface area contributed by atoms with Crippen molar-refractivity contribution in [3.63, 3.8) is 0 Å². The van der Waals surface area contributed by atoms with Crippen molar-refractivity contribution < 1.29 is 9.66 Å². The van der Waals surface area contributed by atoms with E-state index in [0.29, 0.717) is 24.5 Å². The third kappa shape index (κ3) is 2.83. The van der Waals surface area contributed by atoms with Gasteiger partial charge in [-0.25, -0.2) is 0 Å². The van der Waals surface area contributed by atoms with Crippen molar-refractivity contribution in [2.75, 3.05) is 31.3 Å². The number of nitro benzene ring substituents is 1. The van der Waals surface area contributed by atoms with Gasteiger partial charge in [-0.1, -0.05) is 0 Å². The number of nitro groups is 1. The summed E-state index contributed by atoms with van der Waals surface area (Å²) in [5.41, 5.74) is 7.23. The molecule has 0 fully saturated rings. The number of anilines is 2. The largest absolute Gasteiger partial charge is 0.397 e. The molecule has 0 heterocycles. The van der Waals surface area contributed by atoms with Gasteiger partial charge in [-0.2, -0.15) is 0 Å². The standard InChI is InChI=1S/C10H15N3O3/c1-7-5-8(11)10(12-3-4-16-2)9(6-7)13(14)15/h5-6,12H,3-4,11H2,1-2H3. The Morgan fingerprint density at radius 3 is 2.81 bits per heavy atom. The first-order valence-electron chi connectivity index (χ1n) is 4.83. The lowest BCUT2D eigenvalue weighted by molar-refractivity contribution is -0.383. The Hall–Kier alpha value is -1.82. The first kappa shape index (κ1) is 12.3. The maximum absolute atomic E-state index is 10.8. The van der Waals surface area contributed by atoms with Crippen LogP contribution in [0.25, 0.3) is 0 Å². The molecule has 0 atom stereocenters. The third-order valence-corrected chi connectivity index (χ3v) is 2.10. The highest BCUT2D eigenvalue weighted by atomic mass is 16.6. The Morgan fingerprint density at radius 2 is 2.25 bits per heavy atom. The normalized spacial score (nSPS) is 10.1. The summed E-state index contributed by atoms with van der Waals surface area (Å²) < 4.78 is 4.85. The van der Waals surface area contributed by atoms with Crippen LogP contribution in [0.15, 0.2) is 12.1 Å². The van der Waals surface area contributed by atoms with E-state index in [4.69, 9.17) is 10.5 Å². The van der Waals surface area contributed by atoms with Gasteiger partial charge >= 0.3 is 0 Å². The molecule has 6 heteroatoms. The third-order valence-electron chi connectivity index (χ3n) is 2.10. The minimum Gasteiger partial charge on any atom is -0.397 e. The first-order chi connectivity index (χ1) is 7.56. The quantitative estimate of drug-likeness (QED) is 0.343. The number of nitrogens with one attached hydrogen (secondary N) is 1. The lowest BCUT2D eigenvalue weighted by atomic mass is 10.1. The van der Waals surface area contributed by atoms with E-state index >= 15 is 0 Å². The molecule has 0 radical (unpaired) electrons. The maximum atomic E-state index is 10.8. The second-order valence-electron chi connectivity index (χ2n) is 3.42. The molecule has 1 rings (SSSR count). The summed E-state index contributed by atoms with van der Waals surface area (Å²) in [7, 11) is 1.56. The molecule has 16 heavy (non-hydrogen) atoms. The van der Waals surface area contributed by atoms with Gasteiger partial charge < -0.3 is 15.8 Å². The van der Waals surface area contributed by atoms with Gasteiger partial charge in [-0.3, -0.25) is 10.1 Å². The van der Waals surface area contributed by atoms with Crippen LogP contribution in [-0.4, -0.2) is 25.2 Å². The molecule has 6 nitrogen and oxygen atoms in total. The maximum Gasteiger partial charge on any atom is 0.294 e. The van der Waals surface area contributed by atoms with Crippen LogP contribution in [0.2, 0.25) is 0 Å². The Kier molecular flexibility index (Phi) is 4.07. The van der Waals surface area contributed by atoms with Crippen molar-refractivity contribution >= 4 is 17.1 Å². The fourth-order valence-electron chi connectivity index (χ4n) is 1.41. The van der Waals surface area contributed by atoms with Crippen molar-refractivity contribution in [3.05, 3.63) is 27.8 Å². The Labute approximate surface area is 93.5 Å². The topological polar surface area (TPSA) is 90.4 Å². The van der Waals surface area contributed by atoms with E-state index in [1.165, 1.54) is 6.07 Å². The van der Waals surface area contributed by atoms with Crippen LogP contribution in [0.4, 0.5) is 17.1 Å². The molecule has 1 aromatic rings. The van der Waals surface area contributed by atoms with E-state index in [-0.39, 0.29) is 5.69 Å². The Morgan fingerprint density at radius 1 is 1.56 bits per heavy atom. The second kappa shape index (κ2) is 5.32. The number of nitrogens with two attached hydrogens (primary N) is 1. The monoisotopic (exact) mass is 225 g/mol. The number of hydrogen-bond donors (Lipinski definition) is 2. The van der Waals surface area contributed by atoms with Gasteiger partial charge in [0.25, 0.3) is 5.69 Å². The molecule has 0 bridgehead atoms. The zero-order chi connectivity index (χ0) is 12.1. The van der Waals surface area contributed by atoms with E-state index in [2.05, 4.69) is 5.32 Å². The van der Waals surface area contributed by atoms with Gasteiger partial charge in [0, 0.05) is 19.7 Å². The van der Waals surface area contributed by atoms with Gasteiger partial charge in [0.2, 0.25) is 0 Å². The zero-order valence-corrected chi connectivity index (χ0v) is 9.32. The summed E-state index contributed by atoms with van der Waals surface area (Å²) in [6.45, 7) is 2.71. The summed E-state index contributed by atoms with van der Waals surface area (Å²) >= 11 is 0. The summed E-state index contributed by atoms with van der Waals surface area (Å²) in [4.78, 5) is 10.4. The summed E-state index contributed by atoms with van der Waals surface area (Å²) in [6.07, 6.45) is 0. The van der Waals surface area contributed by atoms with Crippen LogP contribution in [-0.2, 0) is 4.74 Å². The zero-order valence-electron chi connectivity index (χ0n) is 9.32. The van der Waals surface area contributed by atoms with Crippen LogP contribution < -0.4 is 11.1 Å². The van der Waals surface area contributed by atoms with Gasteiger partial charge in [0.15, 0.2) is 0 Å². The predicted octanol–water partition coefficient (Wildman–Crippen LogP) is 1.54. The highest BCUT2D eigenvalue weighted by Gasteiger charge is 2.16. The molecular weight excluding hydrogens is 210 g/mol. The molecule has 0 unspecified atom stereocenters. The lowest BCUT2D eigenvalue weighted by Gasteiger charge is -2.10.